The van der Waals surface area contributed by atoms with Gasteiger partial charge in [0.1, 0.15) is 12.5 Å². The van der Waals surface area contributed by atoms with Crippen molar-refractivity contribution in [1.82, 2.24) is 9.55 Å². The van der Waals surface area contributed by atoms with Gasteiger partial charge in [0.05, 0.1) is 18.8 Å². The standard InChI is InChI=1S/C17H22N2O5/c1-4-14-15(21)18-17(22)19(10-23-6-5-20)16(14)24-13-8-11(2)7-12(3)9-13/h7-9,20H,4-6,10H2,1-3H3,(H,18,21,22). The first-order valence-electron chi connectivity index (χ1n) is 7.77. The molecular formula is C17H22N2O5. The number of rotatable bonds is 7. The summed E-state index contributed by atoms with van der Waals surface area (Å²) in [4.78, 5) is 26.5. The molecule has 0 bridgehead atoms. The van der Waals surface area contributed by atoms with Crippen LogP contribution in [0.25, 0.3) is 0 Å². The molecule has 0 aliphatic heterocycles. The summed E-state index contributed by atoms with van der Waals surface area (Å²) >= 11 is 0. The molecule has 7 nitrogen and oxygen atoms in total. The molecule has 2 N–H and O–H groups in total. The zero-order valence-corrected chi connectivity index (χ0v) is 14.1. The van der Waals surface area contributed by atoms with E-state index in [0.717, 1.165) is 11.1 Å². The van der Waals surface area contributed by atoms with E-state index in [-0.39, 0.29) is 25.8 Å². The van der Waals surface area contributed by atoms with E-state index in [4.69, 9.17) is 14.6 Å². The highest BCUT2D eigenvalue weighted by Gasteiger charge is 2.16. The van der Waals surface area contributed by atoms with Crippen LogP contribution in [-0.4, -0.2) is 27.9 Å². The molecule has 0 amide bonds. The van der Waals surface area contributed by atoms with Crippen LogP contribution in [0.2, 0.25) is 0 Å². The van der Waals surface area contributed by atoms with E-state index in [2.05, 4.69) is 4.98 Å². The predicted molar refractivity (Wildman–Crippen MR) is 89.7 cm³/mol. The molecule has 0 aliphatic carbocycles. The Morgan fingerprint density at radius 3 is 2.42 bits per heavy atom. The van der Waals surface area contributed by atoms with Crippen LogP contribution in [0.3, 0.4) is 0 Å². The second-order valence-corrected chi connectivity index (χ2v) is 5.51. The van der Waals surface area contributed by atoms with Gasteiger partial charge in [-0.15, -0.1) is 0 Å². The van der Waals surface area contributed by atoms with Gasteiger partial charge in [0.15, 0.2) is 0 Å². The normalized spacial score (nSPS) is 10.8. The van der Waals surface area contributed by atoms with Crippen molar-refractivity contribution in [3.63, 3.8) is 0 Å². The number of nitrogens with one attached hydrogen (secondary N) is 1. The van der Waals surface area contributed by atoms with Gasteiger partial charge in [-0.3, -0.25) is 9.78 Å². The molecule has 0 unspecified atom stereocenters. The quantitative estimate of drug-likeness (QED) is 0.748. The van der Waals surface area contributed by atoms with Gasteiger partial charge in [0.25, 0.3) is 5.56 Å². The number of benzene rings is 1. The molecule has 24 heavy (non-hydrogen) atoms. The van der Waals surface area contributed by atoms with Gasteiger partial charge in [0.2, 0.25) is 5.88 Å². The largest absolute Gasteiger partial charge is 0.440 e. The maximum Gasteiger partial charge on any atom is 0.333 e. The van der Waals surface area contributed by atoms with Crippen molar-refractivity contribution in [2.75, 3.05) is 13.2 Å². The summed E-state index contributed by atoms with van der Waals surface area (Å²) in [6, 6.07) is 5.66. The first kappa shape index (κ1) is 18.0. The number of hydrogen-bond donors (Lipinski definition) is 2. The molecule has 7 heteroatoms. The predicted octanol–water partition coefficient (Wildman–Crippen LogP) is 1.47. The summed E-state index contributed by atoms with van der Waals surface area (Å²) in [5.41, 5.74) is 1.30. The van der Waals surface area contributed by atoms with Gasteiger partial charge >= 0.3 is 5.69 Å². The second-order valence-electron chi connectivity index (χ2n) is 5.51. The fourth-order valence-electron chi connectivity index (χ4n) is 2.46. The van der Waals surface area contributed by atoms with E-state index < -0.39 is 11.2 Å². The number of aromatic amines is 1. The van der Waals surface area contributed by atoms with E-state index in [1.165, 1.54) is 4.57 Å². The topological polar surface area (TPSA) is 93.6 Å². The SMILES string of the molecule is CCc1c(Oc2cc(C)cc(C)c2)n(COCCO)c(=O)[nH]c1=O. The van der Waals surface area contributed by atoms with Gasteiger partial charge in [-0.2, -0.15) is 0 Å². The fraction of sp³-hybridized carbons (Fsp3) is 0.412. The van der Waals surface area contributed by atoms with Gasteiger partial charge in [-0.1, -0.05) is 13.0 Å². The molecule has 0 atom stereocenters. The molecule has 0 fully saturated rings. The number of aliphatic hydroxyl groups is 1. The summed E-state index contributed by atoms with van der Waals surface area (Å²) in [5.74, 6) is 0.706. The number of nitrogens with zero attached hydrogens (tertiary/aromatic N) is 1. The average molecular weight is 334 g/mol. The van der Waals surface area contributed by atoms with Gasteiger partial charge in [0, 0.05) is 0 Å². The summed E-state index contributed by atoms with van der Waals surface area (Å²) in [7, 11) is 0. The highest BCUT2D eigenvalue weighted by molar-refractivity contribution is 5.37. The van der Waals surface area contributed by atoms with Crippen molar-refractivity contribution >= 4 is 0 Å². The van der Waals surface area contributed by atoms with Crippen LogP contribution in [0.1, 0.15) is 23.6 Å². The van der Waals surface area contributed by atoms with E-state index in [1.54, 1.807) is 0 Å². The maximum atomic E-state index is 12.1. The Morgan fingerprint density at radius 1 is 1.17 bits per heavy atom. The van der Waals surface area contributed by atoms with E-state index in [1.807, 2.05) is 39.0 Å². The van der Waals surface area contributed by atoms with Crippen molar-refractivity contribution in [1.29, 1.82) is 0 Å². The minimum atomic E-state index is -0.616. The molecule has 1 aromatic carbocycles. The zero-order chi connectivity index (χ0) is 17.7. The van der Waals surface area contributed by atoms with Crippen molar-refractivity contribution < 1.29 is 14.6 Å². The number of aromatic nitrogens is 2. The monoisotopic (exact) mass is 334 g/mol. The van der Waals surface area contributed by atoms with E-state index in [9.17, 15) is 9.59 Å². The van der Waals surface area contributed by atoms with Crippen LogP contribution in [0.4, 0.5) is 0 Å². The first-order valence-corrected chi connectivity index (χ1v) is 7.77. The van der Waals surface area contributed by atoms with Crippen molar-refractivity contribution in [3.05, 3.63) is 55.7 Å². The van der Waals surface area contributed by atoms with Crippen LogP contribution in [0, 0.1) is 13.8 Å². The molecule has 0 spiro atoms. The summed E-state index contributed by atoms with van der Waals surface area (Å²) < 4.78 is 12.3. The Hall–Kier alpha value is -2.38. The Morgan fingerprint density at radius 2 is 1.83 bits per heavy atom. The van der Waals surface area contributed by atoms with E-state index in [0.29, 0.717) is 17.7 Å². The number of H-pyrrole nitrogens is 1. The Labute approximate surface area is 139 Å². The highest BCUT2D eigenvalue weighted by Crippen LogP contribution is 2.25. The average Bonchev–Trinajstić information content (AvgIpc) is 2.49. The minimum absolute atomic E-state index is 0.0794. The fourth-order valence-corrected chi connectivity index (χ4v) is 2.46. The number of aryl methyl sites for hydroxylation is 2. The van der Waals surface area contributed by atoms with Gasteiger partial charge in [-0.05, 0) is 43.5 Å². The van der Waals surface area contributed by atoms with Crippen LogP contribution < -0.4 is 16.0 Å². The summed E-state index contributed by atoms with van der Waals surface area (Å²) in [6.45, 7) is 5.49. The van der Waals surface area contributed by atoms with Gasteiger partial charge in [-0.25, -0.2) is 9.36 Å². The molecule has 0 saturated carbocycles. The van der Waals surface area contributed by atoms with Crippen molar-refractivity contribution in [3.8, 4) is 11.6 Å². The first-order chi connectivity index (χ1) is 11.5. The van der Waals surface area contributed by atoms with Crippen LogP contribution in [0.15, 0.2) is 27.8 Å². The molecule has 0 saturated heterocycles. The number of ether oxygens (including phenoxy) is 2. The smallest absolute Gasteiger partial charge is 0.333 e. The van der Waals surface area contributed by atoms with Gasteiger partial charge < -0.3 is 14.6 Å². The Kier molecular flexibility index (Phi) is 5.94. The van der Waals surface area contributed by atoms with Crippen molar-refractivity contribution in [2.45, 2.75) is 33.9 Å². The van der Waals surface area contributed by atoms with Crippen LogP contribution >= 0.6 is 0 Å². The molecule has 2 aromatic rings. The summed E-state index contributed by atoms with van der Waals surface area (Å²) in [5, 5.41) is 8.82. The maximum absolute atomic E-state index is 12.1. The minimum Gasteiger partial charge on any atom is -0.440 e. The molecular weight excluding hydrogens is 312 g/mol. The lowest BCUT2D eigenvalue weighted by atomic mass is 10.1. The number of aliphatic hydroxyl groups excluding tert-OH is 1. The lowest BCUT2D eigenvalue weighted by Gasteiger charge is -2.16. The second kappa shape index (κ2) is 7.94. The summed E-state index contributed by atoms with van der Waals surface area (Å²) in [6.07, 6.45) is 0.399. The zero-order valence-electron chi connectivity index (χ0n) is 14.1. The molecule has 1 aromatic heterocycles. The molecule has 0 aliphatic rings. The third-order valence-electron chi connectivity index (χ3n) is 3.46. The number of hydrogen-bond acceptors (Lipinski definition) is 5. The molecule has 2 rings (SSSR count). The van der Waals surface area contributed by atoms with Crippen LogP contribution in [-0.2, 0) is 17.9 Å². The van der Waals surface area contributed by atoms with E-state index >= 15 is 0 Å². The lowest BCUT2D eigenvalue weighted by molar-refractivity contribution is 0.0421. The molecule has 130 valence electrons. The molecule has 0 radical (unpaired) electrons. The Balaban J connectivity index is 2.51. The lowest BCUT2D eigenvalue weighted by Crippen LogP contribution is -2.34. The molecule has 1 heterocycles. The third kappa shape index (κ3) is 4.12. The highest BCUT2D eigenvalue weighted by atomic mass is 16.5. The third-order valence-corrected chi connectivity index (χ3v) is 3.46. The van der Waals surface area contributed by atoms with Crippen LogP contribution in [0.5, 0.6) is 11.6 Å². The van der Waals surface area contributed by atoms with Crippen molar-refractivity contribution in [2.24, 2.45) is 0 Å². The Bertz CT molecular complexity index is 802.